The molecule has 6 nitrogen and oxygen atoms in total. The zero-order chi connectivity index (χ0) is 22.5. The number of aromatic nitrogens is 4. The highest BCUT2D eigenvalue weighted by molar-refractivity contribution is 8.00. The van der Waals surface area contributed by atoms with Crippen molar-refractivity contribution in [1.29, 1.82) is 0 Å². The second-order valence-corrected chi connectivity index (χ2v) is 8.27. The molecule has 0 spiro atoms. The average molecular weight is 452 g/mol. The van der Waals surface area contributed by atoms with E-state index in [1.54, 1.807) is 19.3 Å². The molecule has 0 aliphatic heterocycles. The van der Waals surface area contributed by atoms with Crippen LogP contribution >= 0.6 is 11.8 Å². The fraction of sp³-hybridized carbons (Fsp3) is 0.130. The fourth-order valence-corrected chi connectivity index (χ4v) is 3.90. The third-order valence-electron chi connectivity index (χ3n) is 4.68. The lowest BCUT2D eigenvalue weighted by Gasteiger charge is -2.14. The van der Waals surface area contributed by atoms with E-state index in [0.29, 0.717) is 17.5 Å². The second kappa shape index (κ2) is 9.69. The Bertz CT molecular complexity index is 1200. The van der Waals surface area contributed by atoms with Gasteiger partial charge in [-0.2, -0.15) is 0 Å². The Kier molecular flexibility index (Phi) is 6.55. The van der Waals surface area contributed by atoms with Gasteiger partial charge in [0.1, 0.15) is 17.3 Å². The Hall–Kier alpha value is -3.59. The van der Waals surface area contributed by atoms with Crippen LogP contribution in [0.3, 0.4) is 0 Å². The first-order valence-electron chi connectivity index (χ1n) is 9.82. The zero-order valence-electron chi connectivity index (χ0n) is 17.1. The van der Waals surface area contributed by atoms with Crippen molar-refractivity contribution in [2.75, 3.05) is 5.32 Å². The maximum atomic E-state index is 13.9. The van der Waals surface area contributed by atoms with Crippen LogP contribution in [0, 0.1) is 11.6 Å². The molecule has 1 atom stereocenters. The molecule has 0 aliphatic carbocycles. The number of nitrogens with zero attached hydrogens (tertiary/aromatic N) is 4. The molecule has 0 bridgehead atoms. The number of hydrogen-bond donors (Lipinski definition) is 1. The number of halogens is 2. The highest BCUT2D eigenvalue weighted by atomic mass is 32.2. The van der Waals surface area contributed by atoms with E-state index in [9.17, 15) is 13.6 Å². The van der Waals surface area contributed by atoms with Crippen LogP contribution in [0.2, 0.25) is 0 Å². The summed E-state index contributed by atoms with van der Waals surface area (Å²) in [6, 6.07) is 16.9. The molecule has 1 unspecified atom stereocenters. The minimum atomic E-state index is -0.832. The van der Waals surface area contributed by atoms with Crippen LogP contribution in [0.25, 0.3) is 11.4 Å². The Morgan fingerprint density at radius 3 is 2.47 bits per heavy atom. The van der Waals surface area contributed by atoms with Crippen LogP contribution in [0.5, 0.6) is 0 Å². The van der Waals surface area contributed by atoms with Gasteiger partial charge in [-0.1, -0.05) is 48.2 Å². The van der Waals surface area contributed by atoms with Gasteiger partial charge >= 0.3 is 0 Å². The molecule has 32 heavy (non-hydrogen) atoms. The molecule has 0 fully saturated rings. The molecule has 1 N–H and O–H groups in total. The van der Waals surface area contributed by atoms with Crippen LogP contribution in [-0.2, 0) is 11.3 Å². The van der Waals surface area contributed by atoms with Crippen molar-refractivity contribution >= 4 is 23.4 Å². The summed E-state index contributed by atoms with van der Waals surface area (Å²) in [5.74, 6) is -1.60. The number of nitrogens with one attached hydrogen (secondary N) is 1. The number of anilines is 1. The van der Waals surface area contributed by atoms with Gasteiger partial charge in [-0.15, -0.1) is 10.2 Å². The summed E-state index contributed by atoms with van der Waals surface area (Å²) in [5.41, 5.74) is 1.35. The molecule has 0 saturated carbocycles. The van der Waals surface area contributed by atoms with E-state index in [1.807, 2.05) is 47.0 Å². The molecule has 0 radical (unpaired) electrons. The van der Waals surface area contributed by atoms with E-state index in [1.165, 1.54) is 6.07 Å². The van der Waals surface area contributed by atoms with Crippen molar-refractivity contribution in [3.8, 4) is 11.4 Å². The lowest BCUT2D eigenvalue weighted by molar-refractivity contribution is -0.115. The molecule has 0 aliphatic rings. The van der Waals surface area contributed by atoms with E-state index in [-0.39, 0.29) is 0 Å². The number of benzene rings is 2. The van der Waals surface area contributed by atoms with E-state index >= 15 is 0 Å². The quantitative estimate of drug-likeness (QED) is 0.409. The molecule has 1 amide bonds. The van der Waals surface area contributed by atoms with Crippen molar-refractivity contribution in [1.82, 2.24) is 19.7 Å². The number of pyridine rings is 1. The van der Waals surface area contributed by atoms with E-state index in [2.05, 4.69) is 20.5 Å². The minimum absolute atomic E-state index is 0.466. The fourth-order valence-electron chi connectivity index (χ4n) is 3.05. The van der Waals surface area contributed by atoms with Crippen molar-refractivity contribution in [3.05, 3.63) is 90.3 Å². The zero-order valence-corrected chi connectivity index (χ0v) is 17.9. The Labute approximate surface area is 187 Å². The number of hydrogen-bond acceptors (Lipinski definition) is 5. The standard InChI is InChI=1S/C23H19F2N5OS/c1-15(22(31)27-20-18(24)10-5-11-19(20)25)32-23-29-28-21(17-9-6-12-26-13-17)30(23)14-16-7-3-2-4-8-16/h2-13,15H,14H2,1H3,(H,27,31). The summed E-state index contributed by atoms with van der Waals surface area (Å²) in [5, 5.41) is 10.7. The summed E-state index contributed by atoms with van der Waals surface area (Å²) in [6.07, 6.45) is 3.36. The summed E-state index contributed by atoms with van der Waals surface area (Å²) >= 11 is 1.16. The maximum Gasteiger partial charge on any atom is 0.237 e. The van der Waals surface area contributed by atoms with E-state index in [0.717, 1.165) is 35.0 Å². The number of carbonyl (C=O) groups excluding carboxylic acids is 1. The predicted molar refractivity (Wildman–Crippen MR) is 119 cm³/mol. The first-order chi connectivity index (χ1) is 15.5. The third kappa shape index (κ3) is 4.83. The summed E-state index contributed by atoms with van der Waals surface area (Å²) in [7, 11) is 0. The number of thioether (sulfide) groups is 1. The molecule has 4 aromatic rings. The van der Waals surface area contributed by atoms with Gasteiger partial charge in [0, 0.05) is 18.0 Å². The van der Waals surface area contributed by atoms with E-state index in [4.69, 9.17) is 0 Å². The maximum absolute atomic E-state index is 13.9. The lowest BCUT2D eigenvalue weighted by Crippen LogP contribution is -2.24. The van der Waals surface area contributed by atoms with Crippen LogP contribution < -0.4 is 5.32 Å². The SMILES string of the molecule is CC(Sc1nnc(-c2cccnc2)n1Cc1ccccc1)C(=O)Nc1c(F)cccc1F. The molecule has 162 valence electrons. The summed E-state index contributed by atoms with van der Waals surface area (Å²) in [6.45, 7) is 2.13. The lowest BCUT2D eigenvalue weighted by atomic mass is 10.2. The average Bonchev–Trinajstić information content (AvgIpc) is 3.19. The van der Waals surface area contributed by atoms with Crippen LogP contribution in [-0.4, -0.2) is 30.9 Å². The normalized spacial score (nSPS) is 11.8. The number of amides is 1. The second-order valence-electron chi connectivity index (χ2n) is 6.97. The molecule has 4 rings (SSSR count). The van der Waals surface area contributed by atoms with Gasteiger partial charge in [0.25, 0.3) is 0 Å². The van der Waals surface area contributed by atoms with Crippen molar-refractivity contribution in [3.63, 3.8) is 0 Å². The first-order valence-corrected chi connectivity index (χ1v) is 10.7. The van der Waals surface area contributed by atoms with Crippen LogP contribution in [0.15, 0.2) is 78.2 Å². The molecular weight excluding hydrogens is 432 g/mol. The highest BCUT2D eigenvalue weighted by Gasteiger charge is 2.23. The highest BCUT2D eigenvalue weighted by Crippen LogP contribution is 2.28. The van der Waals surface area contributed by atoms with E-state index < -0.39 is 28.5 Å². The molecule has 2 aromatic heterocycles. The van der Waals surface area contributed by atoms with Crippen molar-refractivity contribution < 1.29 is 13.6 Å². The minimum Gasteiger partial charge on any atom is -0.320 e. The first kappa shape index (κ1) is 21.6. The summed E-state index contributed by atoms with van der Waals surface area (Å²) in [4.78, 5) is 16.8. The Balaban J connectivity index is 1.60. The van der Waals surface area contributed by atoms with Crippen molar-refractivity contribution in [2.24, 2.45) is 0 Å². The number of para-hydroxylation sites is 1. The molecule has 9 heteroatoms. The predicted octanol–water partition coefficient (Wildman–Crippen LogP) is 4.79. The van der Waals surface area contributed by atoms with Crippen LogP contribution in [0.1, 0.15) is 12.5 Å². The van der Waals surface area contributed by atoms with Crippen molar-refractivity contribution in [2.45, 2.75) is 23.9 Å². The van der Waals surface area contributed by atoms with Gasteiger partial charge in [-0.3, -0.25) is 14.3 Å². The molecule has 0 saturated heterocycles. The van der Waals surface area contributed by atoms with Crippen LogP contribution in [0.4, 0.5) is 14.5 Å². The number of rotatable bonds is 7. The van der Waals surface area contributed by atoms with Gasteiger partial charge < -0.3 is 5.32 Å². The smallest absolute Gasteiger partial charge is 0.237 e. The third-order valence-corrected chi connectivity index (χ3v) is 5.76. The summed E-state index contributed by atoms with van der Waals surface area (Å²) < 4.78 is 29.7. The number of carbonyl (C=O) groups is 1. The molecular formula is C23H19F2N5OS. The Morgan fingerprint density at radius 2 is 1.78 bits per heavy atom. The van der Waals surface area contributed by atoms with Gasteiger partial charge in [0.05, 0.1) is 11.8 Å². The molecule has 2 aromatic carbocycles. The van der Waals surface area contributed by atoms with Gasteiger partial charge in [-0.05, 0) is 36.8 Å². The monoisotopic (exact) mass is 451 g/mol. The Morgan fingerprint density at radius 1 is 1.03 bits per heavy atom. The largest absolute Gasteiger partial charge is 0.320 e. The van der Waals surface area contributed by atoms with Gasteiger partial charge in [-0.25, -0.2) is 8.78 Å². The van der Waals surface area contributed by atoms with Gasteiger partial charge in [0.15, 0.2) is 11.0 Å². The molecule has 2 heterocycles. The topological polar surface area (TPSA) is 72.7 Å². The van der Waals surface area contributed by atoms with Gasteiger partial charge in [0.2, 0.25) is 5.91 Å².